The van der Waals surface area contributed by atoms with Crippen LogP contribution in [0, 0.1) is 0 Å². The lowest BCUT2D eigenvalue weighted by atomic mass is 9.65. The summed E-state index contributed by atoms with van der Waals surface area (Å²) in [7, 11) is 0. The molecule has 12 aromatic carbocycles. The van der Waals surface area contributed by atoms with Gasteiger partial charge in [-0.25, -0.2) is 0 Å². The van der Waals surface area contributed by atoms with E-state index in [-0.39, 0.29) is 5.41 Å². The molecule has 1 heterocycles. The van der Waals surface area contributed by atoms with Gasteiger partial charge in [0, 0.05) is 38.9 Å². The number of benzene rings is 12. The molecule has 0 radical (unpaired) electrons. The first kappa shape index (κ1) is 47.9. The average molecular weight is 1050 g/mol. The minimum absolute atomic E-state index is 0.228. The number of para-hydroxylation sites is 2. The molecule has 2 heteroatoms. The molecule has 82 heavy (non-hydrogen) atoms. The first-order chi connectivity index (χ1) is 40.4. The van der Waals surface area contributed by atoms with E-state index >= 15 is 0 Å². The number of anilines is 2. The first-order valence-corrected chi connectivity index (χ1v) is 28.9. The highest BCUT2D eigenvalue weighted by Gasteiger charge is 2.48. The van der Waals surface area contributed by atoms with E-state index in [4.69, 9.17) is 0 Å². The van der Waals surface area contributed by atoms with Crippen LogP contribution in [0.3, 0.4) is 0 Å². The predicted molar refractivity (Wildman–Crippen MR) is 344 cm³/mol. The van der Waals surface area contributed by atoms with E-state index in [0.717, 1.165) is 18.5 Å². The van der Waals surface area contributed by atoms with Gasteiger partial charge >= 0.3 is 0 Å². The minimum Gasteiger partial charge on any atom is -0.314 e. The zero-order chi connectivity index (χ0) is 54.5. The van der Waals surface area contributed by atoms with Gasteiger partial charge in [0.15, 0.2) is 0 Å². The van der Waals surface area contributed by atoms with E-state index in [2.05, 4.69) is 315 Å². The molecule has 0 fully saturated rings. The van der Waals surface area contributed by atoms with Crippen molar-refractivity contribution < 1.29 is 0 Å². The van der Waals surface area contributed by atoms with Gasteiger partial charge in [-0.15, -0.1) is 0 Å². The molecule has 3 aliphatic rings. The largest absolute Gasteiger partial charge is 0.314 e. The SMILES string of the molecule is CC1(C)c2cc(-c3ccc4ccccc4c3)ccc2-c2ccc(N(C3=CC4=C(CC3)C(c3ccccc3)(c3ccccc3)c3ccccc34)c3ccc(-c4ccc(-c5ccc6c(c5)c5ccccc5n6-c5ccccc5)cc4)cc3)cc21. The quantitative estimate of drug-likeness (QED) is 0.140. The monoisotopic (exact) mass is 1050 g/mol. The number of nitrogens with zero attached hydrogens (tertiary/aromatic N) is 2. The maximum Gasteiger partial charge on any atom is 0.0676 e. The Morgan fingerprint density at radius 1 is 0.354 bits per heavy atom. The van der Waals surface area contributed by atoms with Crippen molar-refractivity contribution in [1.29, 1.82) is 0 Å². The summed E-state index contributed by atoms with van der Waals surface area (Å²) >= 11 is 0. The summed E-state index contributed by atoms with van der Waals surface area (Å²) in [5, 5.41) is 5.05. The van der Waals surface area contributed by atoms with Crippen LogP contribution < -0.4 is 4.90 Å². The first-order valence-electron chi connectivity index (χ1n) is 28.9. The number of rotatable bonds is 9. The van der Waals surface area contributed by atoms with Crippen molar-refractivity contribution in [3.63, 3.8) is 0 Å². The molecule has 0 saturated heterocycles. The molecule has 0 N–H and O–H groups in total. The van der Waals surface area contributed by atoms with Gasteiger partial charge in [0.1, 0.15) is 0 Å². The van der Waals surface area contributed by atoms with E-state index in [1.54, 1.807) is 0 Å². The summed E-state index contributed by atoms with van der Waals surface area (Å²) in [5.41, 5.74) is 27.3. The van der Waals surface area contributed by atoms with Gasteiger partial charge in [-0.3, -0.25) is 0 Å². The van der Waals surface area contributed by atoms with Gasteiger partial charge < -0.3 is 9.47 Å². The van der Waals surface area contributed by atoms with E-state index < -0.39 is 5.41 Å². The molecule has 13 aromatic rings. The van der Waals surface area contributed by atoms with Crippen LogP contribution in [0.4, 0.5) is 11.4 Å². The zero-order valence-electron chi connectivity index (χ0n) is 46.0. The highest BCUT2D eigenvalue weighted by molar-refractivity contribution is 6.10. The lowest BCUT2D eigenvalue weighted by Crippen LogP contribution is -2.31. The molecule has 0 saturated carbocycles. The fourth-order valence-corrected chi connectivity index (χ4v) is 14.5. The van der Waals surface area contributed by atoms with Gasteiger partial charge in [0.05, 0.1) is 16.4 Å². The lowest BCUT2D eigenvalue weighted by Gasteiger charge is -2.38. The Kier molecular flexibility index (Phi) is 11.0. The Balaban J connectivity index is 0.793. The number of allylic oxidation sites excluding steroid dienone is 4. The smallest absolute Gasteiger partial charge is 0.0676 e. The second-order valence-corrected chi connectivity index (χ2v) is 23.1. The van der Waals surface area contributed by atoms with Gasteiger partial charge in [-0.2, -0.15) is 0 Å². The van der Waals surface area contributed by atoms with Crippen LogP contribution in [0.1, 0.15) is 60.1 Å². The molecule has 0 bridgehead atoms. The van der Waals surface area contributed by atoms with E-state index in [9.17, 15) is 0 Å². The van der Waals surface area contributed by atoms with E-state index in [0.29, 0.717) is 0 Å². The Bertz CT molecular complexity index is 4690. The molecule has 1 aromatic heterocycles. The van der Waals surface area contributed by atoms with Crippen LogP contribution in [0.25, 0.3) is 88.3 Å². The van der Waals surface area contributed by atoms with Gasteiger partial charge in [-0.05, 0) is 185 Å². The van der Waals surface area contributed by atoms with Crippen molar-refractivity contribution in [2.75, 3.05) is 4.90 Å². The summed E-state index contributed by atoms with van der Waals surface area (Å²) in [5.74, 6) is 0. The molecule has 0 atom stereocenters. The van der Waals surface area contributed by atoms with Crippen molar-refractivity contribution in [2.45, 2.75) is 37.5 Å². The normalized spacial score (nSPS) is 14.6. The molecule has 0 amide bonds. The van der Waals surface area contributed by atoms with Crippen LogP contribution in [-0.4, -0.2) is 4.57 Å². The molecule has 2 nitrogen and oxygen atoms in total. The lowest BCUT2D eigenvalue weighted by molar-refractivity contribution is 0.660. The van der Waals surface area contributed by atoms with Crippen LogP contribution >= 0.6 is 0 Å². The van der Waals surface area contributed by atoms with Crippen molar-refractivity contribution in [2.24, 2.45) is 0 Å². The standard InChI is InChI=1S/C80H58N2/c1-79(2)75-50-60(58-35-34-53-18-12-13-19-57(53)48-58)38-44-68(75)69-45-42-66(52-76(69)79)81(65-43-46-74-71(51-65)67-26-14-16-28-73(67)80(74,61-20-6-3-7-21-61)62-22-8-4-9-23-62)64-40-36-55(37-41-64)54-30-32-56(33-31-54)59-39-47-78-72(49-59)70-27-15-17-29-77(70)82(78)63-24-10-5-11-25-63/h3-42,44-45,47-52H,43,46H2,1-2H3. The molecule has 388 valence electrons. The van der Waals surface area contributed by atoms with Gasteiger partial charge in [0.25, 0.3) is 0 Å². The second-order valence-electron chi connectivity index (χ2n) is 23.1. The molecule has 16 rings (SSSR count). The number of hydrogen-bond donors (Lipinski definition) is 0. The maximum atomic E-state index is 2.56. The van der Waals surface area contributed by atoms with Gasteiger partial charge in [0.2, 0.25) is 0 Å². The Morgan fingerprint density at radius 3 is 1.62 bits per heavy atom. The Hall–Kier alpha value is -10.0. The van der Waals surface area contributed by atoms with E-state index in [1.807, 2.05) is 0 Å². The highest BCUT2D eigenvalue weighted by Crippen LogP contribution is 2.59. The third kappa shape index (κ3) is 7.41. The second kappa shape index (κ2) is 18.8. The summed E-state index contributed by atoms with van der Waals surface area (Å²) in [6.07, 6.45) is 4.34. The van der Waals surface area contributed by atoms with Gasteiger partial charge in [-0.1, -0.05) is 232 Å². The van der Waals surface area contributed by atoms with Crippen molar-refractivity contribution in [3.05, 3.63) is 336 Å². The third-order valence-corrected chi connectivity index (χ3v) is 18.4. The van der Waals surface area contributed by atoms with Crippen LogP contribution in [0.2, 0.25) is 0 Å². The van der Waals surface area contributed by atoms with Crippen LogP contribution in [0.15, 0.2) is 302 Å². The molecule has 0 aliphatic heterocycles. The minimum atomic E-state index is -0.400. The predicted octanol–water partition coefficient (Wildman–Crippen LogP) is 20.9. The van der Waals surface area contributed by atoms with Crippen LogP contribution in [-0.2, 0) is 10.8 Å². The number of hydrogen-bond acceptors (Lipinski definition) is 1. The van der Waals surface area contributed by atoms with Crippen molar-refractivity contribution in [3.8, 4) is 50.2 Å². The highest BCUT2D eigenvalue weighted by atomic mass is 15.1. The van der Waals surface area contributed by atoms with Crippen molar-refractivity contribution >= 4 is 49.5 Å². The average Bonchev–Trinajstić information content (AvgIpc) is 3.01. The van der Waals surface area contributed by atoms with Crippen LogP contribution in [0.5, 0.6) is 0 Å². The summed E-state index contributed by atoms with van der Waals surface area (Å²) < 4.78 is 2.38. The fraction of sp³-hybridized carbons (Fsp3) is 0.0750. The molecule has 0 unspecified atom stereocenters. The summed E-state index contributed by atoms with van der Waals surface area (Å²) in [6.45, 7) is 4.83. The summed E-state index contributed by atoms with van der Waals surface area (Å²) in [6, 6.07) is 106. The molecular weight excluding hydrogens is 989 g/mol. The fourth-order valence-electron chi connectivity index (χ4n) is 14.5. The summed E-state index contributed by atoms with van der Waals surface area (Å²) in [4.78, 5) is 2.56. The van der Waals surface area contributed by atoms with E-state index in [1.165, 1.54) is 139 Å². The Labute approximate surface area is 479 Å². The van der Waals surface area contributed by atoms with Crippen molar-refractivity contribution in [1.82, 2.24) is 4.57 Å². The number of aromatic nitrogens is 1. The third-order valence-electron chi connectivity index (χ3n) is 18.4. The maximum absolute atomic E-state index is 2.56. The molecule has 0 spiro atoms. The Morgan fingerprint density at radius 2 is 0.878 bits per heavy atom. The zero-order valence-corrected chi connectivity index (χ0v) is 46.0. The number of fused-ring (bicyclic) bond motifs is 9. The topological polar surface area (TPSA) is 8.17 Å². The molecular formula is C80H58N2. The molecule has 3 aliphatic carbocycles.